The molecule has 0 amide bonds. The number of ether oxygens (including phenoxy) is 4. The summed E-state index contributed by atoms with van der Waals surface area (Å²) in [6, 6.07) is 5.60. The van der Waals surface area contributed by atoms with Crippen LogP contribution < -0.4 is 14.2 Å². The monoisotopic (exact) mass is 224 g/mol. The van der Waals surface area contributed by atoms with E-state index in [0.29, 0.717) is 29.8 Å². The Labute approximate surface area is 95.1 Å². The number of methoxy groups -OCH3 is 2. The molecule has 0 N–H and O–H groups in total. The summed E-state index contributed by atoms with van der Waals surface area (Å²) in [6.07, 6.45) is 0. The molecule has 0 radical (unpaired) electrons. The molecule has 0 spiro atoms. The molecule has 1 aromatic rings. The Balaban J connectivity index is 2.05. The Kier molecular flexibility index (Phi) is 3.51. The van der Waals surface area contributed by atoms with Crippen LogP contribution in [-0.2, 0) is 4.74 Å². The van der Waals surface area contributed by atoms with Gasteiger partial charge in [-0.25, -0.2) is 0 Å². The smallest absolute Gasteiger partial charge is 0.203 e. The van der Waals surface area contributed by atoms with Gasteiger partial charge >= 0.3 is 0 Å². The van der Waals surface area contributed by atoms with Crippen molar-refractivity contribution in [1.82, 2.24) is 0 Å². The summed E-state index contributed by atoms with van der Waals surface area (Å²) < 4.78 is 21.2. The lowest BCUT2D eigenvalue weighted by molar-refractivity contribution is -0.0511. The summed E-state index contributed by atoms with van der Waals surface area (Å²) in [5, 5.41) is 0. The van der Waals surface area contributed by atoms with E-state index in [9.17, 15) is 0 Å². The molecule has 0 saturated carbocycles. The molecule has 4 heteroatoms. The fourth-order valence-electron chi connectivity index (χ4n) is 1.56. The van der Waals surface area contributed by atoms with Gasteiger partial charge in [0.1, 0.15) is 0 Å². The third-order valence-electron chi connectivity index (χ3n) is 2.55. The first-order chi connectivity index (χ1) is 7.85. The van der Waals surface area contributed by atoms with Crippen molar-refractivity contribution in [3.05, 3.63) is 18.2 Å². The number of hydrogen-bond donors (Lipinski definition) is 0. The average Bonchev–Trinajstić information content (AvgIpc) is 2.26. The first-order valence-electron chi connectivity index (χ1n) is 5.26. The van der Waals surface area contributed by atoms with Crippen LogP contribution in [0.2, 0.25) is 0 Å². The van der Waals surface area contributed by atoms with E-state index in [0.717, 1.165) is 13.2 Å². The highest BCUT2D eigenvalue weighted by Crippen LogP contribution is 2.36. The molecular weight excluding hydrogens is 208 g/mol. The minimum absolute atomic E-state index is 0.496. The summed E-state index contributed by atoms with van der Waals surface area (Å²) in [6.45, 7) is 2.22. The van der Waals surface area contributed by atoms with E-state index in [1.807, 2.05) is 18.2 Å². The Morgan fingerprint density at radius 1 is 1.19 bits per heavy atom. The first kappa shape index (κ1) is 11.1. The van der Waals surface area contributed by atoms with Gasteiger partial charge in [-0.05, 0) is 12.1 Å². The zero-order valence-electron chi connectivity index (χ0n) is 9.56. The molecule has 0 aromatic heterocycles. The highest BCUT2D eigenvalue weighted by atomic mass is 16.5. The molecule has 0 aliphatic carbocycles. The second-order valence-corrected chi connectivity index (χ2v) is 3.71. The minimum Gasteiger partial charge on any atom is -0.493 e. The van der Waals surface area contributed by atoms with Gasteiger partial charge in [0.2, 0.25) is 5.75 Å². The number of rotatable bonds is 5. The molecule has 2 rings (SSSR count). The molecule has 1 aromatic carbocycles. The predicted octanol–water partition coefficient (Wildman–Crippen LogP) is 1.73. The zero-order chi connectivity index (χ0) is 11.4. The lowest BCUT2D eigenvalue weighted by Gasteiger charge is -2.26. The summed E-state index contributed by atoms with van der Waals surface area (Å²) in [4.78, 5) is 0. The van der Waals surface area contributed by atoms with Gasteiger partial charge in [0.25, 0.3) is 0 Å². The van der Waals surface area contributed by atoms with E-state index in [-0.39, 0.29) is 0 Å². The number of benzene rings is 1. The molecule has 1 fully saturated rings. The van der Waals surface area contributed by atoms with Crippen LogP contribution >= 0.6 is 0 Å². The van der Waals surface area contributed by atoms with Crippen molar-refractivity contribution in [1.29, 1.82) is 0 Å². The third kappa shape index (κ3) is 2.22. The normalized spacial score (nSPS) is 15.4. The van der Waals surface area contributed by atoms with Gasteiger partial charge in [0, 0.05) is 5.92 Å². The molecule has 1 aliphatic heterocycles. The predicted molar refractivity (Wildman–Crippen MR) is 59.4 cm³/mol. The first-order valence-corrected chi connectivity index (χ1v) is 5.26. The lowest BCUT2D eigenvalue weighted by Crippen LogP contribution is -2.32. The highest BCUT2D eigenvalue weighted by molar-refractivity contribution is 5.50. The van der Waals surface area contributed by atoms with Gasteiger partial charge in [0.05, 0.1) is 34.0 Å². The van der Waals surface area contributed by atoms with Crippen molar-refractivity contribution in [2.75, 3.05) is 34.0 Å². The van der Waals surface area contributed by atoms with E-state index < -0.39 is 0 Å². The fourth-order valence-corrected chi connectivity index (χ4v) is 1.56. The van der Waals surface area contributed by atoms with E-state index in [2.05, 4.69) is 0 Å². The van der Waals surface area contributed by atoms with Crippen LogP contribution in [0, 0.1) is 5.92 Å². The summed E-state index contributed by atoms with van der Waals surface area (Å²) in [7, 11) is 3.22. The van der Waals surface area contributed by atoms with Gasteiger partial charge in [-0.15, -0.1) is 0 Å². The van der Waals surface area contributed by atoms with Gasteiger partial charge in [-0.2, -0.15) is 0 Å². The van der Waals surface area contributed by atoms with Crippen molar-refractivity contribution in [3.63, 3.8) is 0 Å². The molecule has 1 saturated heterocycles. The summed E-state index contributed by atoms with van der Waals surface area (Å²) in [5.41, 5.74) is 0. The van der Waals surface area contributed by atoms with Crippen LogP contribution in [-0.4, -0.2) is 34.0 Å². The van der Waals surface area contributed by atoms with E-state index in [1.54, 1.807) is 14.2 Å². The Bertz CT molecular complexity index is 347. The van der Waals surface area contributed by atoms with Gasteiger partial charge in [-0.1, -0.05) is 6.07 Å². The number of para-hydroxylation sites is 1. The van der Waals surface area contributed by atoms with Gasteiger partial charge in [-0.3, -0.25) is 0 Å². The quantitative estimate of drug-likeness (QED) is 0.763. The maximum Gasteiger partial charge on any atom is 0.203 e. The highest BCUT2D eigenvalue weighted by Gasteiger charge is 2.20. The van der Waals surface area contributed by atoms with Crippen molar-refractivity contribution in [2.45, 2.75) is 0 Å². The van der Waals surface area contributed by atoms with Crippen LogP contribution in [0.25, 0.3) is 0 Å². The van der Waals surface area contributed by atoms with Gasteiger partial charge in [0.15, 0.2) is 11.5 Å². The topological polar surface area (TPSA) is 36.9 Å². The van der Waals surface area contributed by atoms with Crippen molar-refractivity contribution >= 4 is 0 Å². The second-order valence-electron chi connectivity index (χ2n) is 3.71. The molecule has 0 atom stereocenters. The van der Waals surface area contributed by atoms with Crippen molar-refractivity contribution in [3.8, 4) is 17.2 Å². The maximum atomic E-state index is 5.69. The van der Waals surface area contributed by atoms with Crippen LogP contribution in [0.15, 0.2) is 18.2 Å². The van der Waals surface area contributed by atoms with E-state index >= 15 is 0 Å². The van der Waals surface area contributed by atoms with Crippen molar-refractivity contribution in [2.24, 2.45) is 5.92 Å². The van der Waals surface area contributed by atoms with Crippen LogP contribution in [0.1, 0.15) is 0 Å². The molecule has 88 valence electrons. The Morgan fingerprint density at radius 2 is 1.94 bits per heavy atom. The molecular formula is C12H16O4. The molecule has 1 aliphatic rings. The molecule has 1 heterocycles. The zero-order valence-corrected chi connectivity index (χ0v) is 9.56. The Morgan fingerprint density at radius 3 is 2.50 bits per heavy atom. The third-order valence-corrected chi connectivity index (χ3v) is 2.55. The van der Waals surface area contributed by atoms with Gasteiger partial charge < -0.3 is 18.9 Å². The van der Waals surface area contributed by atoms with Crippen LogP contribution in [0.5, 0.6) is 17.2 Å². The maximum absolute atomic E-state index is 5.69. The SMILES string of the molecule is COc1cccc(OCC2COC2)c1OC. The molecule has 4 nitrogen and oxygen atoms in total. The Hall–Kier alpha value is -1.42. The fraction of sp³-hybridized carbons (Fsp3) is 0.500. The summed E-state index contributed by atoms with van der Waals surface area (Å²) in [5.74, 6) is 2.54. The van der Waals surface area contributed by atoms with Crippen molar-refractivity contribution < 1.29 is 18.9 Å². The second kappa shape index (κ2) is 5.07. The average molecular weight is 224 g/mol. The minimum atomic E-state index is 0.496. The van der Waals surface area contributed by atoms with Crippen LogP contribution in [0.3, 0.4) is 0 Å². The lowest BCUT2D eigenvalue weighted by atomic mass is 10.1. The number of hydrogen-bond acceptors (Lipinski definition) is 4. The summed E-state index contributed by atoms with van der Waals surface area (Å²) >= 11 is 0. The molecule has 0 bridgehead atoms. The van der Waals surface area contributed by atoms with Crippen LogP contribution in [0.4, 0.5) is 0 Å². The molecule has 0 unspecified atom stereocenters. The van der Waals surface area contributed by atoms with E-state index in [4.69, 9.17) is 18.9 Å². The van der Waals surface area contributed by atoms with E-state index in [1.165, 1.54) is 0 Å². The molecule has 16 heavy (non-hydrogen) atoms. The standard InChI is InChI=1S/C12H16O4/c1-13-10-4-3-5-11(12(10)14-2)16-8-9-6-15-7-9/h3-5,9H,6-8H2,1-2H3. The largest absolute Gasteiger partial charge is 0.493 e.